The number of aromatic nitrogens is 2. The molecule has 0 unspecified atom stereocenters. The third kappa shape index (κ3) is 6.00. The second-order valence-corrected chi connectivity index (χ2v) is 4.61. The number of ether oxygens (including phenoxy) is 3. The third-order valence-electron chi connectivity index (χ3n) is 2.67. The smallest absolute Gasteiger partial charge is 0.158 e. The van der Waals surface area contributed by atoms with Gasteiger partial charge in [-0.3, -0.25) is 0 Å². The van der Waals surface area contributed by atoms with Gasteiger partial charge in [-0.2, -0.15) is 0 Å². The Bertz CT molecular complexity index is 393. The van der Waals surface area contributed by atoms with E-state index < -0.39 is 0 Å². The van der Waals surface area contributed by atoms with Gasteiger partial charge >= 0.3 is 0 Å². The Morgan fingerprint density at radius 1 is 1.05 bits per heavy atom. The maximum atomic E-state index is 6.04. The molecule has 0 aliphatic carbocycles. The van der Waals surface area contributed by atoms with E-state index in [1.54, 1.807) is 27.4 Å². The lowest BCUT2D eigenvalue weighted by Gasteiger charge is -2.23. The van der Waals surface area contributed by atoms with Crippen molar-refractivity contribution in [3.8, 4) is 0 Å². The van der Waals surface area contributed by atoms with Crippen LogP contribution in [0, 0.1) is 0 Å². The zero-order chi connectivity index (χ0) is 14.8. The van der Waals surface area contributed by atoms with E-state index >= 15 is 0 Å². The van der Waals surface area contributed by atoms with Crippen molar-refractivity contribution in [2.24, 2.45) is 0 Å². The van der Waals surface area contributed by atoms with Crippen LogP contribution in [0.25, 0.3) is 0 Å². The summed E-state index contributed by atoms with van der Waals surface area (Å²) < 4.78 is 15.3. The molecule has 0 saturated heterocycles. The summed E-state index contributed by atoms with van der Waals surface area (Å²) in [6, 6.07) is 1.75. The lowest BCUT2D eigenvalue weighted by molar-refractivity contribution is 0.177. The van der Waals surface area contributed by atoms with Crippen molar-refractivity contribution in [2.75, 3.05) is 52.5 Å². The van der Waals surface area contributed by atoms with Gasteiger partial charge in [0, 0.05) is 47.1 Å². The normalized spacial score (nSPS) is 10.8. The average Bonchev–Trinajstić information content (AvgIpc) is 2.42. The predicted molar refractivity (Wildman–Crippen MR) is 78.3 cm³/mol. The van der Waals surface area contributed by atoms with Crippen molar-refractivity contribution in [3.63, 3.8) is 0 Å². The second-order valence-electron chi connectivity index (χ2n) is 4.22. The van der Waals surface area contributed by atoms with Crippen LogP contribution in [-0.4, -0.2) is 57.6 Å². The minimum atomic E-state index is 0.337. The van der Waals surface area contributed by atoms with Crippen molar-refractivity contribution < 1.29 is 14.2 Å². The van der Waals surface area contributed by atoms with E-state index in [-0.39, 0.29) is 0 Å². The monoisotopic (exact) mass is 303 g/mol. The first kappa shape index (κ1) is 17.1. The molecule has 0 spiro atoms. The Hall–Kier alpha value is -0.950. The standard InChI is InChI=1S/C13H22ClN3O3/c1-18-7-4-5-17(6-8-19-2)13-9-11(14)15-12(16-13)10-20-3/h9H,4-8,10H2,1-3H3. The maximum absolute atomic E-state index is 6.04. The molecule has 0 aromatic carbocycles. The Labute approximate surface area is 125 Å². The molecule has 1 aromatic heterocycles. The number of anilines is 1. The van der Waals surface area contributed by atoms with Crippen LogP contribution in [-0.2, 0) is 20.8 Å². The van der Waals surface area contributed by atoms with Crippen LogP contribution in [0.4, 0.5) is 5.82 Å². The Morgan fingerprint density at radius 2 is 1.80 bits per heavy atom. The molecule has 1 aromatic rings. The van der Waals surface area contributed by atoms with Crippen molar-refractivity contribution in [1.82, 2.24) is 9.97 Å². The number of hydrogen-bond acceptors (Lipinski definition) is 6. The maximum Gasteiger partial charge on any atom is 0.158 e. The van der Waals surface area contributed by atoms with E-state index in [2.05, 4.69) is 14.9 Å². The Balaban J connectivity index is 2.81. The average molecular weight is 304 g/mol. The van der Waals surface area contributed by atoms with Gasteiger partial charge in [-0.1, -0.05) is 11.6 Å². The summed E-state index contributed by atoms with van der Waals surface area (Å²) in [5.74, 6) is 1.36. The molecule has 1 heterocycles. The quantitative estimate of drug-likeness (QED) is 0.485. The number of hydrogen-bond donors (Lipinski definition) is 0. The third-order valence-corrected chi connectivity index (χ3v) is 2.86. The van der Waals surface area contributed by atoms with Crippen molar-refractivity contribution in [3.05, 3.63) is 17.0 Å². The molecule has 1 rings (SSSR count). The summed E-state index contributed by atoms with van der Waals surface area (Å²) in [5.41, 5.74) is 0. The van der Waals surface area contributed by atoms with Crippen LogP contribution < -0.4 is 4.90 Å². The molecule has 0 atom stereocenters. The molecule has 0 N–H and O–H groups in total. The molecule has 114 valence electrons. The van der Waals surface area contributed by atoms with E-state index in [4.69, 9.17) is 25.8 Å². The van der Waals surface area contributed by atoms with Crippen molar-refractivity contribution >= 4 is 17.4 Å². The van der Waals surface area contributed by atoms with Crippen LogP contribution in [0.3, 0.4) is 0 Å². The fourth-order valence-corrected chi connectivity index (χ4v) is 1.94. The predicted octanol–water partition coefficient (Wildman–Crippen LogP) is 1.77. The second kappa shape index (κ2) is 9.88. The number of methoxy groups -OCH3 is 3. The summed E-state index contributed by atoms with van der Waals surface area (Å²) >= 11 is 6.04. The number of nitrogens with zero attached hydrogens (tertiary/aromatic N) is 3. The topological polar surface area (TPSA) is 56.7 Å². The van der Waals surface area contributed by atoms with Gasteiger partial charge < -0.3 is 19.1 Å². The van der Waals surface area contributed by atoms with Crippen LogP contribution in [0.1, 0.15) is 12.2 Å². The Kier molecular flexibility index (Phi) is 8.45. The largest absolute Gasteiger partial charge is 0.385 e. The zero-order valence-electron chi connectivity index (χ0n) is 12.3. The highest BCUT2D eigenvalue weighted by molar-refractivity contribution is 6.29. The van der Waals surface area contributed by atoms with Gasteiger partial charge in [0.2, 0.25) is 0 Å². The summed E-state index contributed by atoms with van der Waals surface area (Å²) in [4.78, 5) is 10.7. The summed E-state index contributed by atoms with van der Waals surface area (Å²) in [6.45, 7) is 3.21. The highest BCUT2D eigenvalue weighted by Crippen LogP contribution is 2.17. The fraction of sp³-hybridized carbons (Fsp3) is 0.692. The van der Waals surface area contributed by atoms with Gasteiger partial charge in [0.15, 0.2) is 5.82 Å². The van der Waals surface area contributed by atoms with Gasteiger partial charge in [0.1, 0.15) is 17.6 Å². The molecule has 0 aliphatic rings. The number of rotatable bonds is 10. The Morgan fingerprint density at radius 3 is 2.45 bits per heavy atom. The SMILES string of the molecule is COCCCN(CCOC)c1cc(Cl)nc(COC)n1. The highest BCUT2D eigenvalue weighted by Gasteiger charge is 2.11. The zero-order valence-corrected chi connectivity index (χ0v) is 13.0. The molecule has 7 heteroatoms. The molecule has 6 nitrogen and oxygen atoms in total. The lowest BCUT2D eigenvalue weighted by Crippen LogP contribution is -2.30. The van der Waals surface area contributed by atoms with Crippen LogP contribution in [0.2, 0.25) is 5.15 Å². The molecule has 0 amide bonds. The van der Waals surface area contributed by atoms with Gasteiger partial charge in [-0.05, 0) is 6.42 Å². The van der Waals surface area contributed by atoms with Crippen LogP contribution in [0.15, 0.2) is 6.07 Å². The first-order valence-electron chi connectivity index (χ1n) is 6.46. The molecule has 0 saturated carbocycles. The van der Waals surface area contributed by atoms with Crippen molar-refractivity contribution in [1.29, 1.82) is 0 Å². The molecule has 0 radical (unpaired) electrons. The van der Waals surface area contributed by atoms with E-state index in [0.717, 1.165) is 25.3 Å². The molecule has 20 heavy (non-hydrogen) atoms. The molecular weight excluding hydrogens is 282 g/mol. The van der Waals surface area contributed by atoms with Gasteiger partial charge in [-0.15, -0.1) is 0 Å². The minimum absolute atomic E-state index is 0.337. The van der Waals surface area contributed by atoms with Crippen molar-refractivity contribution in [2.45, 2.75) is 13.0 Å². The highest BCUT2D eigenvalue weighted by atomic mass is 35.5. The molecule has 0 bridgehead atoms. The first-order valence-corrected chi connectivity index (χ1v) is 6.84. The molecule has 0 fully saturated rings. The van der Waals surface area contributed by atoms with E-state index in [9.17, 15) is 0 Å². The number of halogens is 1. The van der Waals surface area contributed by atoms with E-state index in [1.165, 1.54) is 0 Å². The minimum Gasteiger partial charge on any atom is -0.385 e. The van der Waals surface area contributed by atoms with Gasteiger partial charge in [0.05, 0.1) is 6.61 Å². The van der Waals surface area contributed by atoms with Crippen LogP contribution in [0.5, 0.6) is 0 Å². The summed E-state index contributed by atoms with van der Waals surface area (Å²) in [5, 5.41) is 0.413. The summed E-state index contributed by atoms with van der Waals surface area (Å²) in [6.07, 6.45) is 0.904. The fourth-order valence-electron chi connectivity index (χ4n) is 1.75. The lowest BCUT2D eigenvalue weighted by atomic mass is 10.3. The molecule has 0 aliphatic heterocycles. The first-order chi connectivity index (χ1) is 9.71. The van der Waals surface area contributed by atoms with Crippen LogP contribution >= 0.6 is 11.6 Å². The van der Waals surface area contributed by atoms with Gasteiger partial charge in [0.25, 0.3) is 0 Å². The molecular formula is C13H22ClN3O3. The van der Waals surface area contributed by atoms with E-state index in [1.807, 2.05) is 0 Å². The van der Waals surface area contributed by atoms with E-state index in [0.29, 0.717) is 30.8 Å². The summed E-state index contributed by atoms with van der Waals surface area (Å²) in [7, 11) is 4.97. The van der Waals surface area contributed by atoms with Gasteiger partial charge in [-0.25, -0.2) is 9.97 Å².